The number of nitrogens with two attached hydrogens (primary N) is 1. The van der Waals surface area contributed by atoms with Gasteiger partial charge in [0.2, 0.25) is 0 Å². The number of carboxylic acid groups (broad SMARTS) is 1. The second-order valence-corrected chi connectivity index (χ2v) is 6.66. The number of fused-ring (bicyclic) bond motifs is 4. The molecule has 1 aliphatic carbocycles. The molecule has 5 N–H and O–H groups in total. The van der Waals surface area contributed by atoms with Crippen LogP contribution in [0.15, 0.2) is 23.0 Å². The lowest BCUT2D eigenvalue weighted by Crippen LogP contribution is -2.20. The summed E-state index contributed by atoms with van der Waals surface area (Å²) in [6, 6.07) is 6.06. The van der Waals surface area contributed by atoms with Crippen molar-refractivity contribution < 1.29 is 15.0 Å². The van der Waals surface area contributed by atoms with E-state index in [4.69, 9.17) is 5.73 Å². The molecule has 0 bridgehead atoms. The average molecular weight is 390 g/mol. The van der Waals surface area contributed by atoms with E-state index in [-0.39, 0.29) is 12.4 Å². The van der Waals surface area contributed by atoms with E-state index >= 15 is 0 Å². The summed E-state index contributed by atoms with van der Waals surface area (Å²) in [5, 5.41) is 20.6. The fraction of sp³-hybridized carbons (Fsp3) is 0.263. The maximum absolute atomic E-state index is 12.2. The summed E-state index contributed by atoms with van der Waals surface area (Å²) in [4.78, 5) is 26.2. The minimum Gasteiger partial charge on any atom is -0.506 e. The highest BCUT2D eigenvalue weighted by Gasteiger charge is 2.26. The van der Waals surface area contributed by atoms with E-state index in [2.05, 4.69) is 15.6 Å². The second kappa shape index (κ2) is 6.75. The number of carboxylic acids is 1. The molecule has 4 rings (SSSR count). The molecule has 0 unspecified atom stereocenters. The van der Waals surface area contributed by atoms with Crippen molar-refractivity contribution in [3.05, 3.63) is 50.9 Å². The van der Waals surface area contributed by atoms with E-state index in [9.17, 15) is 19.8 Å². The highest BCUT2D eigenvalue weighted by molar-refractivity contribution is 5.93. The lowest BCUT2D eigenvalue weighted by atomic mass is 9.98. The Balaban J connectivity index is 0.00000210. The quantitative estimate of drug-likeness (QED) is 0.535. The zero-order valence-corrected chi connectivity index (χ0v) is 15.5. The molecule has 3 aromatic rings. The molecule has 1 aliphatic rings. The zero-order chi connectivity index (χ0) is 18.6. The minimum absolute atomic E-state index is 0. The summed E-state index contributed by atoms with van der Waals surface area (Å²) in [6.45, 7) is 0.423. The van der Waals surface area contributed by atoms with Crippen LogP contribution in [0.5, 0.6) is 5.75 Å². The molecule has 8 heteroatoms. The first-order valence-corrected chi connectivity index (χ1v) is 8.45. The van der Waals surface area contributed by atoms with Gasteiger partial charge in [-0.1, -0.05) is 0 Å². The Hall–Kier alpha value is -2.77. The summed E-state index contributed by atoms with van der Waals surface area (Å²) in [6.07, 6.45) is 2.02. The van der Waals surface area contributed by atoms with Gasteiger partial charge in [0.1, 0.15) is 5.75 Å². The van der Waals surface area contributed by atoms with E-state index in [1.54, 1.807) is 0 Å². The van der Waals surface area contributed by atoms with Crippen LogP contribution in [-0.4, -0.2) is 25.7 Å². The van der Waals surface area contributed by atoms with Crippen LogP contribution >= 0.6 is 12.4 Å². The number of H-pyrrole nitrogens is 1. The Morgan fingerprint density at radius 1 is 1.30 bits per heavy atom. The van der Waals surface area contributed by atoms with Gasteiger partial charge in [0.25, 0.3) is 5.56 Å². The van der Waals surface area contributed by atoms with Gasteiger partial charge in [-0.25, -0.2) is 4.79 Å². The second-order valence-electron chi connectivity index (χ2n) is 6.66. The summed E-state index contributed by atoms with van der Waals surface area (Å²) in [5.41, 5.74) is 9.32. The maximum Gasteiger partial charge on any atom is 0.345 e. The summed E-state index contributed by atoms with van der Waals surface area (Å²) < 4.78 is 2.05. The first kappa shape index (κ1) is 19.0. The standard InChI is InChI=1S/C19H19N3O4.ClH/c1-22-11(8-20)5-10-6-13-9(7-14(10)22)3-2-4-12-16(13)21-18(24)15(17(12)23)19(25)26;/h5-7H,2-4,8,20H2,1H3,(H,25,26)(H2,21,23,24);1H. The lowest BCUT2D eigenvalue weighted by molar-refractivity contribution is 0.0691. The summed E-state index contributed by atoms with van der Waals surface area (Å²) in [7, 11) is 1.97. The maximum atomic E-state index is 12.2. The normalized spacial score (nSPS) is 12.8. The Labute approximate surface area is 160 Å². The van der Waals surface area contributed by atoms with Crippen molar-refractivity contribution in [2.24, 2.45) is 12.8 Å². The highest BCUT2D eigenvalue weighted by atomic mass is 35.5. The number of aromatic amines is 1. The van der Waals surface area contributed by atoms with E-state index in [0.717, 1.165) is 40.6 Å². The van der Waals surface area contributed by atoms with Crippen molar-refractivity contribution in [3.63, 3.8) is 0 Å². The van der Waals surface area contributed by atoms with Crippen LogP contribution < -0.4 is 11.3 Å². The van der Waals surface area contributed by atoms with Gasteiger partial charge in [0.05, 0.1) is 5.69 Å². The number of nitrogens with one attached hydrogen (secondary N) is 1. The van der Waals surface area contributed by atoms with Crippen molar-refractivity contribution in [1.29, 1.82) is 0 Å². The van der Waals surface area contributed by atoms with Crippen LogP contribution in [0.1, 0.15) is 33.6 Å². The molecular formula is C19H20ClN3O4. The molecule has 2 aromatic heterocycles. The van der Waals surface area contributed by atoms with Gasteiger partial charge in [-0.2, -0.15) is 0 Å². The van der Waals surface area contributed by atoms with Crippen LogP contribution in [0, 0.1) is 0 Å². The van der Waals surface area contributed by atoms with Gasteiger partial charge in [0, 0.05) is 41.3 Å². The van der Waals surface area contributed by atoms with Gasteiger partial charge in [-0.3, -0.25) is 4.79 Å². The topological polar surface area (TPSA) is 121 Å². The molecule has 0 aliphatic heterocycles. The Morgan fingerprint density at radius 2 is 2.04 bits per heavy atom. The molecule has 0 atom stereocenters. The van der Waals surface area contributed by atoms with E-state index in [1.165, 1.54) is 0 Å². The third kappa shape index (κ3) is 2.79. The van der Waals surface area contributed by atoms with Gasteiger partial charge in [0.15, 0.2) is 5.56 Å². The van der Waals surface area contributed by atoms with Gasteiger partial charge >= 0.3 is 5.97 Å². The van der Waals surface area contributed by atoms with E-state index in [1.807, 2.05) is 19.2 Å². The number of hydrogen-bond donors (Lipinski definition) is 4. The molecule has 0 saturated carbocycles. The smallest absolute Gasteiger partial charge is 0.345 e. The van der Waals surface area contributed by atoms with Crippen LogP contribution in [0.25, 0.3) is 22.2 Å². The number of aromatic hydroxyl groups is 1. The molecule has 0 spiro atoms. The molecule has 0 saturated heterocycles. The molecule has 0 amide bonds. The number of aromatic carboxylic acids is 1. The molecule has 27 heavy (non-hydrogen) atoms. The molecule has 2 heterocycles. The van der Waals surface area contributed by atoms with Crippen LogP contribution in [-0.2, 0) is 26.4 Å². The van der Waals surface area contributed by atoms with Gasteiger partial charge in [-0.15, -0.1) is 12.4 Å². The number of benzene rings is 1. The van der Waals surface area contributed by atoms with Gasteiger partial charge < -0.3 is 25.5 Å². The lowest BCUT2D eigenvalue weighted by Gasteiger charge is -2.13. The monoisotopic (exact) mass is 389 g/mol. The van der Waals surface area contributed by atoms with Gasteiger partial charge in [-0.05, 0) is 43.0 Å². The third-order valence-corrected chi connectivity index (χ3v) is 5.22. The number of nitrogens with zero attached hydrogens (tertiary/aromatic N) is 1. The fourth-order valence-corrected chi connectivity index (χ4v) is 3.88. The van der Waals surface area contributed by atoms with Crippen LogP contribution in [0.4, 0.5) is 0 Å². The number of pyridine rings is 1. The van der Waals surface area contributed by atoms with Crippen molar-refractivity contribution in [2.45, 2.75) is 25.8 Å². The van der Waals surface area contributed by atoms with Crippen LogP contribution in [0.3, 0.4) is 0 Å². The number of carbonyl (C=O) groups is 1. The van der Waals surface area contributed by atoms with E-state index in [0.29, 0.717) is 24.2 Å². The predicted molar refractivity (Wildman–Crippen MR) is 105 cm³/mol. The average Bonchev–Trinajstić information content (AvgIpc) is 2.79. The summed E-state index contributed by atoms with van der Waals surface area (Å²) in [5.74, 6) is -1.86. The predicted octanol–water partition coefficient (Wildman–Crippen LogP) is 2.31. The van der Waals surface area contributed by atoms with Crippen molar-refractivity contribution in [1.82, 2.24) is 9.55 Å². The number of aromatic nitrogens is 2. The Kier molecular flexibility index (Phi) is 4.75. The SMILES string of the molecule is Cl.Cn1c(CN)cc2cc3c(cc21)CCCc1c-3[nH]c(=O)c(C(=O)O)c1O. The fourth-order valence-electron chi connectivity index (χ4n) is 3.88. The number of aryl methyl sites for hydroxylation is 2. The zero-order valence-electron chi connectivity index (χ0n) is 14.7. The molecule has 0 fully saturated rings. The molecule has 0 radical (unpaired) electrons. The van der Waals surface area contributed by atoms with Crippen molar-refractivity contribution >= 4 is 29.3 Å². The first-order chi connectivity index (χ1) is 12.4. The Bertz CT molecular complexity index is 1130. The minimum atomic E-state index is -1.43. The van der Waals surface area contributed by atoms with Crippen LogP contribution in [0.2, 0.25) is 0 Å². The third-order valence-electron chi connectivity index (χ3n) is 5.22. The largest absolute Gasteiger partial charge is 0.506 e. The number of rotatable bonds is 2. The highest BCUT2D eigenvalue weighted by Crippen LogP contribution is 2.38. The number of halogens is 1. The van der Waals surface area contributed by atoms with Crippen molar-refractivity contribution in [3.8, 4) is 17.0 Å². The van der Waals surface area contributed by atoms with E-state index < -0.39 is 22.8 Å². The molecule has 1 aromatic carbocycles. The molecule has 142 valence electrons. The van der Waals surface area contributed by atoms with Crippen molar-refractivity contribution in [2.75, 3.05) is 0 Å². The summed E-state index contributed by atoms with van der Waals surface area (Å²) >= 11 is 0. The molecular weight excluding hydrogens is 370 g/mol. The molecule has 7 nitrogen and oxygen atoms in total. The first-order valence-electron chi connectivity index (χ1n) is 8.45. The Morgan fingerprint density at radius 3 is 2.70 bits per heavy atom. The number of hydrogen-bond acceptors (Lipinski definition) is 4.